The highest BCUT2D eigenvalue weighted by Gasteiger charge is 2.08. The van der Waals surface area contributed by atoms with Crippen LogP contribution in [0.15, 0.2) is 29.0 Å². The molecule has 0 saturated heterocycles. The van der Waals surface area contributed by atoms with Gasteiger partial charge in [-0.1, -0.05) is 0 Å². The number of carbonyl (C=O) groups is 1. The Morgan fingerprint density at radius 2 is 2.32 bits per heavy atom. The lowest BCUT2D eigenvalue weighted by Crippen LogP contribution is -2.26. The molecule has 1 aromatic carbocycles. The van der Waals surface area contributed by atoms with Gasteiger partial charge < -0.3 is 5.32 Å². The van der Waals surface area contributed by atoms with E-state index in [1.165, 1.54) is 12.1 Å². The minimum Gasteiger partial charge on any atom is -0.352 e. The fourth-order valence-electron chi connectivity index (χ4n) is 1.53. The molecule has 0 unspecified atom stereocenters. The normalized spacial score (nSPS) is 10.5. The first-order valence-electron chi connectivity index (χ1n) is 5.64. The van der Waals surface area contributed by atoms with E-state index in [0.29, 0.717) is 23.3 Å². The number of hydrogen-bond acceptors (Lipinski definition) is 3. The number of aryl methyl sites for hydroxylation is 1. The SMILES string of the molecule is Cn1cnc(CCNC(=O)c2ccc(Br)c(F)c2)n1. The molecule has 0 aliphatic heterocycles. The van der Waals surface area contributed by atoms with Gasteiger partial charge in [0.05, 0.1) is 4.47 Å². The van der Waals surface area contributed by atoms with Crippen molar-refractivity contribution < 1.29 is 9.18 Å². The second kappa shape index (κ2) is 5.92. The van der Waals surface area contributed by atoms with E-state index in [0.717, 1.165) is 0 Å². The zero-order valence-corrected chi connectivity index (χ0v) is 11.8. The van der Waals surface area contributed by atoms with Crippen molar-refractivity contribution in [3.8, 4) is 0 Å². The van der Waals surface area contributed by atoms with E-state index in [4.69, 9.17) is 0 Å². The van der Waals surface area contributed by atoms with Gasteiger partial charge in [0.2, 0.25) is 0 Å². The second-order valence-electron chi connectivity index (χ2n) is 3.97. The van der Waals surface area contributed by atoms with E-state index in [1.807, 2.05) is 0 Å². The van der Waals surface area contributed by atoms with E-state index in [-0.39, 0.29) is 11.5 Å². The molecule has 5 nitrogen and oxygen atoms in total. The summed E-state index contributed by atoms with van der Waals surface area (Å²) in [6, 6.07) is 4.25. The Morgan fingerprint density at radius 1 is 1.53 bits per heavy atom. The van der Waals surface area contributed by atoms with Crippen LogP contribution in [-0.2, 0) is 13.5 Å². The van der Waals surface area contributed by atoms with Crippen molar-refractivity contribution >= 4 is 21.8 Å². The lowest BCUT2D eigenvalue weighted by atomic mass is 10.2. The standard InChI is InChI=1S/C12H12BrFN4O/c1-18-7-16-11(17-18)4-5-15-12(19)8-2-3-9(13)10(14)6-8/h2-3,6-7H,4-5H2,1H3,(H,15,19). The summed E-state index contributed by atoms with van der Waals surface area (Å²) in [6.07, 6.45) is 2.13. The molecule has 0 spiro atoms. The summed E-state index contributed by atoms with van der Waals surface area (Å²) in [6.45, 7) is 0.403. The molecule has 7 heteroatoms. The van der Waals surface area contributed by atoms with Crippen LogP contribution in [0.5, 0.6) is 0 Å². The van der Waals surface area contributed by atoms with Crippen LogP contribution in [0.2, 0.25) is 0 Å². The largest absolute Gasteiger partial charge is 0.352 e. The van der Waals surface area contributed by atoms with Gasteiger partial charge in [-0.25, -0.2) is 9.37 Å². The van der Waals surface area contributed by atoms with Gasteiger partial charge in [-0.05, 0) is 34.1 Å². The van der Waals surface area contributed by atoms with Gasteiger partial charge in [-0.15, -0.1) is 0 Å². The predicted octanol–water partition coefficient (Wildman–Crippen LogP) is 1.69. The summed E-state index contributed by atoms with van der Waals surface area (Å²) in [5.41, 5.74) is 0.287. The lowest BCUT2D eigenvalue weighted by Gasteiger charge is -2.04. The molecule has 1 aromatic heterocycles. The molecule has 0 fully saturated rings. The highest BCUT2D eigenvalue weighted by Crippen LogP contribution is 2.16. The maximum atomic E-state index is 13.3. The molecule has 2 rings (SSSR count). The quantitative estimate of drug-likeness (QED) is 0.930. The average molecular weight is 327 g/mol. The summed E-state index contributed by atoms with van der Waals surface area (Å²) in [7, 11) is 1.78. The van der Waals surface area contributed by atoms with E-state index >= 15 is 0 Å². The first-order valence-corrected chi connectivity index (χ1v) is 6.43. The van der Waals surface area contributed by atoms with Gasteiger partial charge >= 0.3 is 0 Å². The number of nitrogens with zero attached hydrogens (tertiary/aromatic N) is 3. The first-order chi connectivity index (χ1) is 9.06. The third kappa shape index (κ3) is 3.60. The fourth-order valence-corrected chi connectivity index (χ4v) is 1.77. The predicted molar refractivity (Wildman–Crippen MR) is 71.1 cm³/mol. The summed E-state index contributed by atoms with van der Waals surface area (Å²) >= 11 is 3.04. The Labute approximate surface area is 118 Å². The van der Waals surface area contributed by atoms with E-state index < -0.39 is 5.82 Å². The number of halogens is 2. The number of hydrogen-bond donors (Lipinski definition) is 1. The molecule has 0 radical (unpaired) electrons. The van der Waals surface area contributed by atoms with Crippen LogP contribution in [-0.4, -0.2) is 27.2 Å². The fraction of sp³-hybridized carbons (Fsp3) is 0.250. The van der Waals surface area contributed by atoms with Crippen LogP contribution >= 0.6 is 15.9 Å². The van der Waals surface area contributed by atoms with Crippen LogP contribution in [0.4, 0.5) is 4.39 Å². The monoisotopic (exact) mass is 326 g/mol. The Hall–Kier alpha value is -1.76. The van der Waals surface area contributed by atoms with Crippen LogP contribution in [0.3, 0.4) is 0 Å². The van der Waals surface area contributed by atoms with Crippen LogP contribution < -0.4 is 5.32 Å². The summed E-state index contributed by atoms with van der Waals surface area (Å²) in [5.74, 6) is -0.119. The van der Waals surface area contributed by atoms with Crippen molar-refractivity contribution in [3.05, 3.63) is 46.2 Å². The smallest absolute Gasteiger partial charge is 0.251 e. The Bertz CT molecular complexity index is 599. The van der Waals surface area contributed by atoms with Gasteiger partial charge in [0.15, 0.2) is 5.82 Å². The van der Waals surface area contributed by atoms with Gasteiger partial charge in [-0.3, -0.25) is 9.48 Å². The van der Waals surface area contributed by atoms with Crippen LogP contribution in [0.1, 0.15) is 16.2 Å². The summed E-state index contributed by atoms with van der Waals surface area (Å²) in [5, 5.41) is 6.79. The zero-order chi connectivity index (χ0) is 13.8. The third-order valence-electron chi connectivity index (χ3n) is 2.46. The Kier molecular flexibility index (Phi) is 4.26. The minimum atomic E-state index is -0.459. The summed E-state index contributed by atoms with van der Waals surface area (Å²) < 4.78 is 15.2. The maximum Gasteiger partial charge on any atom is 0.251 e. The molecule has 0 aliphatic rings. The summed E-state index contributed by atoms with van der Waals surface area (Å²) in [4.78, 5) is 15.8. The Morgan fingerprint density at radius 3 is 2.95 bits per heavy atom. The Balaban J connectivity index is 1.89. The van der Waals surface area contributed by atoms with Crippen molar-refractivity contribution in [2.24, 2.45) is 7.05 Å². The van der Waals surface area contributed by atoms with E-state index in [9.17, 15) is 9.18 Å². The third-order valence-corrected chi connectivity index (χ3v) is 3.11. The highest BCUT2D eigenvalue weighted by atomic mass is 79.9. The number of carbonyl (C=O) groups excluding carboxylic acids is 1. The molecular weight excluding hydrogens is 315 g/mol. The first kappa shape index (κ1) is 13.7. The molecule has 1 N–H and O–H groups in total. The molecule has 0 atom stereocenters. The lowest BCUT2D eigenvalue weighted by molar-refractivity contribution is 0.0953. The number of amides is 1. The van der Waals surface area contributed by atoms with Crippen molar-refractivity contribution in [2.75, 3.05) is 6.54 Å². The maximum absolute atomic E-state index is 13.3. The van der Waals surface area contributed by atoms with Gasteiger partial charge in [0, 0.05) is 25.6 Å². The molecular formula is C12H12BrFN4O. The van der Waals surface area contributed by atoms with Crippen LogP contribution in [0.25, 0.3) is 0 Å². The topological polar surface area (TPSA) is 59.8 Å². The number of nitrogens with one attached hydrogen (secondary N) is 1. The van der Waals surface area contributed by atoms with Gasteiger partial charge in [0.25, 0.3) is 5.91 Å². The van der Waals surface area contributed by atoms with Crippen LogP contribution in [0, 0.1) is 5.82 Å². The van der Waals surface area contributed by atoms with Crippen molar-refractivity contribution in [1.82, 2.24) is 20.1 Å². The van der Waals surface area contributed by atoms with Crippen molar-refractivity contribution in [1.29, 1.82) is 0 Å². The van der Waals surface area contributed by atoms with Gasteiger partial charge in [0.1, 0.15) is 12.1 Å². The molecule has 1 amide bonds. The van der Waals surface area contributed by atoms with Crippen molar-refractivity contribution in [3.63, 3.8) is 0 Å². The number of benzene rings is 1. The molecule has 100 valence electrons. The van der Waals surface area contributed by atoms with E-state index in [2.05, 4.69) is 31.3 Å². The molecule has 0 bridgehead atoms. The highest BCUT2D eigenvalue weighted by molar-refractivity contribution is 9.10. The van der Waals surface area contributed by atoms with Crippen molar-refractivity contribution in [2.45, 2.75) is 6.42 Å². The second-order valence-corrected chi connectivity index (χ2v) is 4.82. The molecule has 19 heavy (non-hydrogen) atoms. The molecule has 0 aliphatic carbocycles. The zero-order valence-electron chi connectivity index (χ0n) is 10.2. The molecule has 1 heterocycles. The number of aromatic nitrogens is 3. The van der Waals surface area contributed by atoms with E-state index in [1.54, 1.807) is 24.1 Å². The molecule has 2 aromatic rings. The van der Waals surface area contributed by atoms with Gasteiger partial charge in [-0.2, -0.15) is 5.10 Å². The minimum absolute atomic E-state index is 0.287. The average Bonchev–Trinajstić information content (AvgIpc) is 2.78. The molecule has 0 saturated carbocycles. The number of rotatable bonds is 4.